The largest absolute Gasteiger partial charge is 0.488 e. The van der Waals surface area contributed by atoms with Crippen molar-refractivity contribution in [3.8, 4) is 5.75 Å². The standard InChI is InChI=1S/C34H30I2N2O4S/c1-5-16-42-31-24(17-25(35)19-26(31)36)18-27-32(39)38-30(23-14-12-21(13-15-23)20(3)4)28(33(40)41-6-2)29(37-34(38)43-27)22-10-8-7-9-11-22/h5,7-15,17-20,30H,1,6,16H2,2-4H3/b27-18-/t30-/m1/s1. The van der Waals surface area contributed by atoms with Crippen LogP contribution >= 0.6 is 56.5 Å². The van der Waals surface area contributed by atoms with Crippen LogP contribution in [0.2, 0.25) is 0 Å². The predicted octanol–water partition coefficient (Wildman–Crippen LogP) is 6.83. The van der Waals surface area contributed by atoms with Gasteiger partial charge in [0.2, 0.25) is 0 Å². The lowest BCUT2D eigenvalue weighted by molar-refractivity contribution is -0.138. The summed E-state index contributed by atoms with van der Waals surface area (Å²) in [6.45, 7) is 10.4. The Kier molecular flexibility index (Phi) is 10.0. The first-order valence-electron chi connectivity index (χ1n) is 13.8. The van der Waals surface area contributed by atoms with Gasteiger partial charge in [0, 0.05) is 14.7 Å². The number of hydrogen-bond acceptors (Lipinski definition) is 6. The van der Waals surface area contributed by atoms with E-state index in [1.54, 1.807) is 17.6 Å². The lowest BCUT2D eigenvalue weighted by Gasteiger charge is -2.26. The zero-order chi connectivity index (χ0) is 30.7. The number of halogens is 2. The second-order valence-corrected chi connectivity index (χ2v) is 13.6. The van der Waals surface area contributed by atoms with Crippen molar-refractivity contribution in [2.75, 3.05) is 13.2 Å². The van der Waals surface area contributed by atoms with E-state index in [4.69, 9.17) is 14.5 Å². The topological polar surface area (TPSA) is 69.9 Å². The first kappa shape index (κ1) is 31.4. The number of carbonyl (C=O) groups excluding carboxylic acids is 1. The van der Waals surface area contributed by atoms with Crippen molar-refractivity contribution in [3.63, 3.8) is 0 Å². The molecule has 3 aromatic carbocycles. The number of fused-ring (bicyclic) bond motifs is 1. The number of esters is 1. The molecule has 1 aliphatic heterocycles. The average molecular weight is 816 g/mol. The highest BCUT2D eigenvalue weighted by atomic mass is 127. The molecule has 5 rings (SSSR count). The maximum absolute atomic E-state index is 14.3. The summed E-state index contributed by atoms with van der Waals surface area (Å²) in [5.41, 5.74) is 4.14. The number of thiazole rings is 1. The van der Waals surface area contributed by atoms with Gasteiger partial charge in [0.1, 0.15) is 12.4 Å². The minimum atomic E-state index is -0.721. The van der Waals surface area contributed by atoms with E-state index in [-0.39, 0.29) is 12.2 Å². The van der Waals surface area contributed by atoms with Gasteiger partial charge < -0.3 is 9.47 Å². The van der Waals surface area contributed by atoms with Gasteiger partial charge in [-0.2, -0.15) is 0 Å². The molecule has 9 heteroatoms. The van der Waals surface area contributed by atoms with Gasteiger partial charge in [0.25, 0.3) is 5.56 Å². The summed E-state index contributed by atoms with van der Waals surface area (Å²) in [5.74, 6) is 0.527. The van der Waals surface area contributed by atoms with E-state index in [1.807, 2.05) is 60.7 Å². The van der Waals surface area contributed by atoms with E-state index in [9.17, 15) is 9.59 Å². The fraction of sp³-hybridized carbons (Fsp3) is 0.206. The fourth-order valence-electron chi connectivity index (χ4n) is 4.94. The third-order valence-electron chi connectivity index (χ3n) is 6.96. The average Bonchev–Trinajstić information content (AvgIpc) is 3.30. The van der Waals surface area contributed by atoms with Crippen LogP contribution in [0.5, 0.6) is 5.75 Å². The van der Waals surface area contributed by atoms with Crippen molar-refractivity contribution in [1.29, 1.82) is 0 Å². The maximum Gasteiger partial charge on any atom is 0.338 e. The van der Waals surface area contributed by atoms with Gasteiger partial charge in [0.05, 0.1) is 32.0 Å². The van der Waals surface area contributed by atoms with E-state index in [0.29, 0.717) is 38.9 Å². The lowest BCUT2D eigenvalue weighted by Crippen LogP contribution is -2.40. The molecule has 6 nitrogen and oxygen atoms in total. The molecule has 0 bridgehead atoms. The molecule has 1 atom stereocenters. The summed E-state index contributed by atoms with van der Waals surface area (Å²) >= 11 is 5.80. The number of rotatable bonds is 9. The number of hydrogen-bond donors (Lipinski definition) is 0. The zero-order valence-corrected chi connectivity index (χ0v) is 29.1. The molecular formula is C34H30I2N2O4S. The number of benzene rings is 3. The first-order chi connectivity index (χ1) is 20.7. The number of ether oxygens (including phenoxy) is 2. The second kappa shape index (κ2) is 13.7. The molecule has 4 aromatic rings. The third-order valence-corrected chi connectivity index (χ3v) is 9.37. The molecule has 0 unspecified atom stereocenters. The van der Waals surface area contributed by atoms with Crippen LogP contribution < -0.4 is 19.6 Å². The molecule has 0 amide bonds. The van der Waals surface area contributed by atoms with Crippen molar-refractivity contribution in [2.45, 2.75) is 32.7 Å². The van der Waals surface area contributed by atoms with Crippen LogP contribution in [-0.2, 0) is 9.53 Å². The molecule has 220 valence electrons. The molecule has 0 saturated carbocycles. The lowest BCUT2D eigenvalue weighted by atomic mass is 9.91. The van der Waals surface area contributed by atoms with Crippen molar-refractivity contribution in [3.05, 3.63) is 134 Å². The highest BCUT2D eigenvalue weighted by Crippen LogP contribution is 2.36. The SMILES string of the molecule is C=CCOc1c(I)cc(I)cc1/C=c1\sc2n(c1=O)[C@H](c1ccc(C(C)C)cc1)C(C(=O)OCC)=C(c1ccccc1)N=2. The van der Waals surface area contributed by atoms with Crippen molar-refractivity contribution in [1.82, 2.24) is 4.57 Å². The summed E-state index contributed by atoms with van der Waals surface area (Å²) in [6, 6.07) is 21.0. The number of nitrogens with zero attached hydrogens (tertiary/aromatic N) is 2. The number of carbonyl (C=O) groups is 1. The Balaban J connectivity index is 1.81. The van der Waals surface area contributed by atoms with Crippen LogP contribution in [0, 0.1) is 7.14 Å². The Hall–Kier alpha value is -3.03. The summed E-state index contributed by atoms with van der Waals surface area (Å²) < 4.78 is 15.7. The van der Waals surface area contributed by atoms with Gasteiger partial charge in [-0.05, 0) is 87.4 Å². The quantitative estimate of drug-likeness (QED) is 0.106. The van der Waals surface area contributed by atoms with E-state index in [0.717, 1.165) is 23.8 Å². The number of aromatic nitrogens is 1. The highest BCUT2D eigenvalue weighted by Gasteiger charge is 2.35. The smallest absolute Gasteiger partial charge is 0.338 e. The van der Waals surface area contributed by atoms with Crippen LogP contribution in [0.15, 0.2) is 94.7 Å². The molecule has 2 heterocycles. The summed E-state index contributed by atoms with van der Waals surface area (Å²) in [7, 11) is 0. The zero-order valence-electron chi connectivity index (χ0n) is 24.0. The normalized spacial score (nSPS) is 14.8. The molecule has 1 aromatic heterocycles. The van der Waals surface area contributed by atoms with Crippen LogP contribution in [0.4, 0.5) is 0 Å². The molecule has 0 spiro atoms. The van der Waals surface area contributed by atoms with Gasteiger partial charge in [-0.25, -0.2) is 9.79 Å². The van der Waals surface area contributed by atoms with Gasteiger partial charge in [0.15, 0.2) is 4.80 Å². The van der Waals surface area contributed by atoms with Gasteiger partial charge >= 0.3 is 5.97 Å². The molecule has 0 radical (unpaired) electrons. The van der Waals surface area contributed by atoms with Crippen molar-refractivity contribution >= 4 is 74.3 Å². The Bertz CT molecular complexity index is 1890. The van der Waals surface area contributed by atoms with Gasteiger partial charge in [-0.15, -0.1) is 0 Å². The highest BCUT2D eigenvalue weighted by molar-refractivity contribution is 14.1. The van der Waals surface area contributed by atoms with Gasteiger partial charge in [-0.3, -0.25) is 9.36 Å². The second-order valence-electron chi connectivity index (χ2n) is 10.2. The molecule has 0 fully saturated rings. The van der Waals surface area contributed by atoms with E-state index in [2.05, 4.69) is 77.7 Å². The summed E-state index contributed by atoms with van der Waals surface area (Å²) in [4.78, 5) is 33.4. The maximum atomic E-state index is 14.3. The minimum Gasteiger partial charge on any atom is -0.488 e. The van der Waals surface area contributed by atoms with E-state index < -0.39 is 12.0 Å². The third kappa shape index (κ3) is 6.58. The minimum absolute atomic E-state index is 0.201. The van der Waals surface area contributed by atoms with Crippen LogP contribution in [0.25, 0.3) is 11.8 Å². The fourth-order valence-corrected chi connectivity index (χ4v) is 7.98. The Morgan fingerprint density at radius 2 is 1.84 bits per heavy atom. The summed E-state index contributed by atoms with van der Waals surface area (Å²) in [5, 5.41) is 0. The van der Waals surface area contributed by atoms with Gasteiger partial charge in [-0.1, -0.05) is 92.4 Å². The monoisotopic (exact) mass is 816 g/mol. The van der Waals surface area contributed by atoms with Crippen LogP contribution in [0.3, 0.4) is 0 Å². The Morgan fingerprint density at radius 1 is 1.12 bits per heavy atom. The van der Waals surface area contributed by atoms with E-state index in [1.165, 1.54) is 16.9 Å². The Labute approximate surface area is 281 Å². The molecule has 43 heavy (non-hydrogen) atoms. The molecule has 1 aliphatic rings. The molecular weight excluding hydrogens is 786 g/mol. The van der Waals surface area contributed by atoms with E-state index >= 15 is 0 Å². The van der Waals surface area contributed by atoms with Crippen LogP contribution in [-0.4, -0.2) is 23.8 Å². The molecule has 0 saturated heterocycles. The Morgan fingerprint density at radius 3 is 2.49 bits per heavy atom. The molecule has 0 aliphatic carbocycles. The van der Waals surface area contributed by atoms with Crippen molar-refractivity contribution in [2.24, 2.45) is 4.99 Å². The summed E-state index contributed by atoms with van der Waals surface area (Å²) in [6.07, 6.45) is 3.54. The van der Waals surface area contributed by atoms with Crippen molar-refractivity contribution < 1.29 is 14.3 Å². The molecule has 0 N–H and O–H groups in total. The predicted molar refractivity (Wildman–Crippen MR) is 189 cm³/mol. The first-order valence-corrected chi connectivity index (χ1v) is 16.8. The van der Waals surface area contributed by atoms with Crippen LogP contribution in [0.1, 0.15) is 55.0 Å².